The third kappa shape index (κ3) is 5.36. The Hall–Kier alpha value is -1.00. The van der Waals surface area contributed by atoms with Crippen molar-refractivity contribution in [3.05, 3.63) is 35.4 Å². The molecule has 1 aliphatic heterocycles. The first-order valence-corrected chi connectivity index (χ1v) is 9.17. The first kappa shape index (κ1) is 16.4. The Balaban J connectivity index is 1.75. The maximum Gasteiger partial charge on any atom is 0.251 e. The number of nitrogens with one attached hydrogen (secondary N) is 1. The first-order valence-electron chi connectivity index (χ1n) is 7.77. The second-order valence-electron chi connectivity index (χ2n) is 5.91. The van der Waals surface area contributed by atoms with E-state index in [4.69, 9.17) is 0 Å². The molecule has 0 aliphatic carbocycles. The van der Waals surface area contributed by atoms with Crippen LogP contribution in [0.3, 0.4) is 0 Å². The quantitative estimate of drug-likeness (QED) is 0.877. The molecule has 0 spiro atoms. The summed E-state index contributed by atoms with van der Waals surface area (Å²) in [5.41, 5.74) is 1.98. The van der Waals surface area contributed by atoms with Crippen LogP contribution < -0.4 is 5.32 Å². The predicted octanol–water partition coefficient (Wildman–Crippen LogP) is 3.01. The van der Waals surface area contributed by atoms with Crippen LogP contribution in [0.5, 0.6) is 0 Å². The lowest BCUT2D eigenvalue weighted by molar-refractivity contribution is 0.0944. The summed E-state index contributed by atoms with van der Waals surface area (Å²) in [5, 5.41) is 3.04. The van der Waals surface area contributed by atoms with Crippen molar-refractivity contribution >= 4 is 17.7 Å². The average molecular weight is 306 g/mol. The summed E-state index contributed by atoms with van der Waals surface area (Å²) >= 11 is 1.77. The summed E-state index contributed by atoms with van der Waals surface area (Å²) in [6.45, 7) is 6.35. The van der Waals surface area contributed by atoms with Crippen molar-refractivity contribution in [2.45, 2.75) is 25.5 Å². The molecule has 0 aromatic heterocycles. The molecule has 4 heteroatoms. The van der Waals surface area contributed by atoms with Crippen LogP contribution in [0.4, 0.5) is 0 Å². The minimum Gasteiger partial charge on any atom is -0.351 e. The Labute approximate surface area is 132 Å². The van der Waals surface area contributed by atoms with Crippen LogP contribution >= 0.6 is 11.8 Å². The first-order chi connectivity index (χ1) is 10.2. The Bertz CT molecular complexity index is 456. The van der Waals surface area contributed by atoms with Gasteiger partial charge in [-0.3, -0.25) is 4.79 Å². The van der Waals surface area contributed by atoms with E-state index in [-0.39, 0.29) is 5.91 Å². The Morgan fingerprint density at radius 2 is 2.14 bits per heavy atom. The van der Waals surface area contributed by atoms with E-state index < -0.39 is 0 Å². The maximum atomic E-state index is 12.2. The van der Waals surface area contributed by atoms with Crippen LogP contribution in [0.1, 0.15) is 35.7 Å². The zero-order valence-corrected chi connectivity index (χ0v) is 13.9. The predicted molar refractivity (Wildman–Crippen MR) is 90.8 cm³/mol. The number of amides is 1. The fourth-order valence-electron chi connectivity index (χ4n) is 2.68. The zero-order valence-electron chi connectivity index (χ0n) is 13.1. The molecule has 0 unspecified atom stereocenters. The smallest absolute Gasteiger partial charge is 0.251 e. The molecule has 1 amide bonds. The average Bonchev–Trinajstić information content (AvgIpc) is 2.50. The van der Waals surface area contributed by atoms with E-state index in [2.05, 4.69) is 29.5 Å². The van der Waals surface area contributed by atoms with Crippen molar-refractivity contribution in [1.82, 2.24) is 10.2 Å². The molecule has 1 fully saturated rings. The van der Waals surface area contributed by atoms with Crippen molar-refractivity contribution in [3.8, 4) is 0 Å². The van der Waals surface area contributed by atoms with Gasteiger partial charge in [0, 0.05) is 24.4 Å². The Morgan fingerprint density at radius 3 is 2.86 bits per heavy atom. The van der Waals surface area contributed by atoms with Gasteiger partial charge in [-0.1, -0.05) is 19.1 Å². The van der Waals surface area contributed by atoms with Gasteiger partial charge in [0.25, 0.3) is 5.91 Å². The van der Waals surface area contributed by atoms with Crippen molar-refractivity contribution in [2.24, 2.45) is 5.92 Å². The second-order valence-corrected chi connectivity index (χ2v) is 6.78. The number of thioether (sulfide) groups is 1. The minimum atomic E-state index is 0.0448. The molecule has 0 saturated carbocycles. The number of benzene rings is 1. The number of nitrogens with zero attached hydrogens (tertiary/aromatic N) is 1. The molecule has 1 heterocycles. The van der Waals surface area contributed by atoms with Gasteiger partial charge in [-0.25, -0.2) is 0 Å². The number of carbonyl (C=O) groups is 1. The minimum absolute atomic E-state index is 0.0448. The van der Waals surface area contributed by atoms with Crippen LogP contribution in [0.15, 0.2) is 24.3 Å². The lowest BCUT2D eigenvalue weighted by Gasteiger charge is -2.30. The number of hydrogen-bond acceptors (Lipinski definition) is 3. The molecule has 1 aromatic carbocycles. The Morgan fingerprint density at radius 1 is 1.38 bits per heavy atom. The SMILES string of the molecule is CSCc1cccc(C(=O)NCCN2CCC(C)CC2)c1. The number of likely N-dealkylation sites (tertiary alicyclic amines) is 1. The molecule has 0 atom stereocenters. The van der Waals surface area contributed by atoms with Gasteiger partial charge in [-0.05, 0) is 55.8 Å². The van der Waals surface area contributed by atoms with Gasteiger partial charge in [-0.15, -0.1) is 0 Å². The molecule has 1 N–H and O–H groups in total. The van der Waals surface area contributed by atoms with Gasteiger partial charge in [0.2, 0.25) is 0 Å². The Kier molecular flexibility index (Phi) is 6.58. The highest BCUT2D eigenvalue weighted by Crippen LogP contribution is 2.15. The van der Waals surface area contributed by atoms with Gasteiger partial charge in [0.1, 0.15) is 0 Å². The van der Waals surface area contributed by atoms with E-state index in [9.17, 15) is 4.79 Å². The van der Waals surface area contributed by atoms with E-state index in [0.717, 1.165) is 30.3 Å². The summed E-state index contributed by atoms with van der Waals surface area (Å²) in [7, 11) is 0. The fraction of sp³-hybridized carbons (Fsp3) is 0.588. The normalized spacial score (nSPS) is 16.9. The van der Waals surface area contributed by atoms with Gasteiger partial charge in [-0.2, -0.15) is 11.8 Å². The third-order valence-electron chi connectivity index (χ3n) is 4.09. The van der Waals surface area contributed by atoms with E-state index in [1.54, 1.807) is 11.8 Å². The van der Waals surface area contributed by atoms with E-state index in [0.29, 0.717) is 0 Å². The summed E-state index contributed by atoms with van der Waals surface area (Å²) in [6.07, 6.45) is 4.64. The summed E-state index contributed by atoms with van der Waals surface area (Å²) in [5.74, 6) is 1.85. The van der Waals surface area contributed by atoms with Crippen molar-refractivity contribution in [1.29, 1.82) is 0 Å². The van der Waals surface area contributed by atoms with Gasteiger partial charge < -0.3 is 10.2 Å². The summed E-state index contributed by atoms with van der Waals surface area (Å²) < 4.78 is 0. The standard InChI is InChI=1S/C17H26N2OS/c1-14-6-9-19(10-7-14)11-8-18-17(20)16-5-3-4-15(12-16)13-21-2/h3-5,12,14H,6-11,13H2,1-2H3,(H,18,20). The zero-order chi connectivity index (χ0) is 15.1. The molecule has 1 aliphatic rings. The van der Waals surface area contributed by atoms with Gasteiger partial charge in [0.05, 0.1) is 0 Å². The molecule has 0 radical (unpaired) electrons. The number of carbonyl (C=O) groups excluding carboxylic acids is 1. The highest BCUT2D eigenvalue weighted by molar-refractivity contribution is 7.97. The number of piperidine rings is 1. The van der Waals surface area contributed by atoms with Crippen molar-refractivity contribution < 1.29 is 4.79 Å². The maximum absolute atomic E-state index is 12.2. The largest absolute Gasteiger partial charge is 0.351 e. The van der Waals surface area contributed by atoms with Crippen LogP contribution in [0, 0.1) is 5.92 Å². The van der Waals surface area contributed by atoms with Gasteiger partial charge >= 0.3 is 0 Å². The molecule has 21 heavy (non-hydrogen) atoms. The molecule has 1 saturated heterocycles. The molecule has 0 bridgehead atoms. The van der Waals surface area contributed by atoms with Crippen LogP contribution in [0.2, 0.25) is 0 Å². The lowest BCUT2D eigenvalue weighted by Crippen LogP contribution is -2.39. The lowest BCUT2D eigenvalue weighted by atomic mass is 9.99. The topological polar surface area (TPSA) is 32.3 Å². The van der Waals surface area contributed by atoms with Crippen LogP contribution in [0.25, 0.3) is 0 Å². The number of rotatable bonds is 6. The molecular formula is C17H26N2OS. The number of hydrogen-bond donors (Lipinski definition) is 1. The highest BCUT2D eigenvalue weighted by atomic mass is 32.2. The van der Waals surface area contributed by atoms with E-state index in [1.165, 1.54) is 31.5 Å². The van der Waals surface area contributed by atoms with Gasteiger partial charge in [0.15, 0.2) is 0 Å². The fourth-order valence-corrected chi connectivity index (χ4v) is 3.20. The highest BCUT2D eigenvalue weighted by Gasteiger charge is 2.15. The molecular weight excluding hydrogens is 280 g/mol. The summed E-state index contributed by atoms with van der Waals surface area (Å²) in [4.78, 5) is 14.6. The molecule has 1 aromatic rings. The van der Waals surface area contributed by atoms with Crippen molar-refractivity contribution in [2.75, 3.05) is 32.4 Å². The van der Waals surface area contributed by atoms with E-state index >= 15 is 0 Å². The molecule has 2 rings (SSSR count). The van der Waals surface area contributed by atoms with Crippen LogP contribution in [-0.4, -0.2) is 43.2 Å². The third-order valence-corrected chi connectivity index (χ3v) is 4.71. The van der Waals surface area contributed by atoms with Crippen molar-refractivity contribution in [3.63, 3.8) is 0 Å². The monoisotopic (exact) mass is 306 g/mol. The molecule has 3 nitrogen and oxygen atoms in total. The van der Waals surface area contributed by atoms with E-state index in [1.807, 2.05) is 18.2 Å². The second kappa shape index (κ2) is 8.44. The van der Waals surface area contributed by atoms with Crippen LogP contribution in [-0.2, 0) is 5.75 Å². The molecule has 116 valence electrons. The summed E-state index contributed by atoms with van der Waals surface area (Å²) in [6, 6.07) is 7.92.